The maximum absolute atomic E-state index is 13.2. The van der Waals surface area contributed by atoms with Crippen molar-refractivity contribution < 1.29 is 50.0 Å². The molecule has 8 N–H and O–H groups in total. The molecule has 9 atom stereocenters. The number of nitrogens with one attached hydrogen (secondary N) is 1. The van der Waals surface area contributed by atoms with Gasteiger partial charge < -0.3 is 50.5 Å². The zero-order valence-electron chi connectivity index (χ0n) is 45.3. The Morgan fingerprint density at radius 1 is 0.486 bits per heavy atom. The van der Waals surface area contributed by atoms with Crippen molar-refractivity contribution in [1.82, 2.24) is 5.32 Å². The summed E-state index contributed by atoms with van der Waals surface area (Å²) in [5, 5.41) is 76.1. The van der Waals surface area contributed by atoms with Crippen LogP contribution in [-0.2, 0) is 14.3 Å². The molecule has 70 heavy (non-hydrogen) atoms. The number of carbonyl (C=O) groups is 1. The number of aliphatic hydroxyl groups is 7. The molecule has 0 aromatic heterocycles. The minimum Gasteiger partial charge on any atom is -0.394 e. The Bertz CT molecular complexity index is 1190. The van der Waals surface area contributed by atoms with Crippen LogP contribution >= 0.6 is 0 Å². The van der Waals surface area contributed by atoms with Crippen molar-refractivity contribution in [2.75, 3.05) is 13.2 Å². The quantitative estimate of drug-likeness (QED) is 0.0215. The number of ether oxygens (including phenoxy) is 2. The lowest BCUT2D eigenvalue weighted by atomic mass is 9.98. The number of aliphatic hydroxyl groups excluding tert-OH is 7. The Labute approximate surface area is 429 Å². The largest absolute Gasteiger partial charge is 0.394 e. The molecule has 0 bridgehead atoms. The highest BCUT2D eigenvalue weighted by atomic mass is 16.7. The van der Waals surface area contributed by atoms with Gasteiger partial charge in [0.1, 0.15) is 36.6 Å². The van der Waals surface area contributed by atoms with Crippen LogP contribution in [0.4, 0.5) is 0 Å². The van der Waals surface area contributed by atoms with Gasteiger partial charge in [0.25, 0.3) is 0 Å². The summed E-state index contributed by atoms with van der Waals surface area (Å²) >= 11 is 0. The lowest BCUT2D eigenvalue weighted by Crippen LogP contribution is -2.60. The van der Waals surface area contributed by atoms with E-state index in [9.17, 15) is 40.5 Å². The Kier molecular flexibility index (Phi) is 46.2. The molecule has 0 aliphatic carbocycles. The smallest absolute Gasteiger partial charge is 0.249 e. The van der Waals surface area contributed by atoms with E-state index in [0.717, 1.165) is 44.9 Å². The minimum absolute atomic E-state index is 0.252. The van der Waals surface area contributed by atoms with E-state index in [-0.39, 0.29) is 12.8 Å². The number of rotatable bonds is 51. The summed E-state index contributed by atoms with van der Waals surface area (Å²) in [5.74, 6) is -0.705. The van der Waals surface area contributed by atoms with E-state index < -0.39 is 74.2 Å². The third-order valence-corrected chi connectivity index (χ3v) is 14.5. The Morgan fingerprint density at radius 3 is 1.23 bits per heavy atom. The molecule has 0 spiro atoms. The molecule has 0 aromatic rings. The highest BCUT2D eigenvalue weighted by Crippen LogP contribution is 2.23. The number of unbranched alkanes of at least 4 members (excludes halogenated alkanes) is 35. The van der Waals surface area contributed by atoms with E-state index in [2.05, 4.69) is 43.5 Å². The second kappa shape index (κ2) is 48.5. The average molecular weight is 997 g/mol. The number of amides is 1. The van der Waals surface area contributed by atoms with Crippen LogP contribution in [0.5, 0.6) is 0 Å². The number of allylic oxidation sites excluding steroid dienone is 4. The van der Waals surface area contributed by atoms with Gasteiger partial charge in [-0.05, 0) is 64.2 Å². The first-order valence-corrected chi connectivity index (χ1v) is 29.7. The molecule has 0 aromatic carbocycles. The van der Waals surface area contributed by atoms with Crippen molar-refractivity contribution in [3.8, 4) is 0 Å². The third-order valence-electron chi connectivity index (χ3n) is 14.5. The van der Waals surface area contributed by atoms with E-state index >= 15 is 0 Å². The summed E-state index contributed by atoms with van der Waals surface area (Å²) < 4.78 is 11.1. The molecule has 0 radical (unpaired) electrons. The molecule has 1 aliphatic rings. The molecule has 1 amide bonds. The maximum Gasteiger partial charge on any atom is 0.249 e. The first-order chi connectivity index (χ1) is 34.2. The van der Waals surface area contributed by atoms with E-state index in [1.165, 1.54) is 193 Å². The van der Waals surface area contributed by atoms with Crippen LogP contribution in [0.1, 0.15) is 277 Å². The van der Waals surface area contributed by atoms with Crippen molar-refractivity contribution in [2.45, 2.75) is 332 Å². The second-order valence-corrected chi connectivity index (χ2v) is 21.1. The van der Waals surface area contributed by atoms with Crippen molar-refractivity contribution in [2.24, 2.45) is 0 Å². The zero-order valence-corrected chi connectivity index (χ0v) is 45.3. The average Bonchev–Trinajstić information content (AvgIpc) is 3.36. The van der Waals surface area contributed by atoms with Gasteiger partial charge in [0.2, 0.25) is 5.91 Å². The molecular formula is C59H113NO10. The molecule has 9 unspecified atom stereocenters. The summed E-state index contributed by atoms with van der Waals surface area (Å²) in [6.45, 7) is 3.47. The first-order valence-electron chi connectivity index (χ1n) is 29.7. The van der Waals surface area contributed by atoms with Gasteiger partial charge in [-0.2, -0.15) is 0 Å². The van der Waals surface area contributed by atoms with E-state index in [4.69, 9.17) is 9.47 Å². The van der Waals surface area contributed by atoms with Crippen molar-refractivity contribution in [3.63, 3.8) is 0 Å². The van der Waals surface area contributed by atoms with Gasteiger partial charge in [-0.1, -0.05) is 237 Å². The van der Waals surface area contributed by atoms with Gasteiger partial charge in [0.15, 0.2) is 6.29 Å². The summed E-state index contributed by atoms with van der Waals surface area (Å²) in [7, 11) is 0. The predicted octanol–water partition coefficient (Wildman–Crippen LogP) is 12.5. The predicted molar refractivity (Wildman–Crippen MR) is 289 cm³/mol. The van der Waals surface area contributed by atoms with Gasteiger partial charge >= 0.3 is 0 Å². The fourth-order valence-electron chi connectivity index (χ4n) is 9.61. The summed E-state index contributed by atoms with van der Waals surface area (Å²) in [5.41, 5.74) is 0. The highest BCUT2D eigenvalue weighted by molar-refractivity contribution is 5.80. The zero-order chi connectivity index (χ0) is 51.1. The van der Waals surface area contributed by atoms with Crippen LogP contribution in [0.3, 0.4) is 0 Å². The topological polar surface area (TPSA) is 189 Å². The fraction of sp³-hybridized carbons (Fsp3) is 0.915. The van der Waals surface area contributed by atoms with Crippen LogP contribution in [0.2, 0.25) is 0 Å². The van der Waals surface area contributed by atoms with Gasteiger partial charge in [-0.15, -0.1) is 0 Å². The third kappa shape index (κ3) is 36.5. The molecule has 1 fully saturated rings. The normalized spacial score (nSPS) is 20.4. The Balaban J connectivity index is 2.31. The summed E-state index contributed by atoms with van der Waals surface area (Å²) in [6.07, 6.45) is 46.6. The van der Waals surface area contributed by atoms with Crippen LogP contribution in [0.15, 0.2) is 24.3 Å². The second-order valence-electron chi connectivity index (χ2n) is 21.1. The lowest BCUT2D eigenvalue weighted by molar-refractivity contribution is -0.303. The molecule has 0 saturated carbocycles. The van der Waals surface area contributed by atoms with E-state index in [0.29, 0.717) is 12.8 Å². The molecule has 1 rings (SSSR count). The van der Waals surface area contributed by atoms with Crippen molar-refractivity contribution in [1.29, 1.82) is 0 Å². The molecular weight excluding hydrogens is 883 g/mol. The van der Waals surface area contributed by atoms with Gasteiger partial charge in [0.05, 0.1) is 25.4 Å². The molecule has 1 aliphatic heterocycles. The highest BCUT2D eigenvalue weighted by Gasteiger charge is 2.44. The van der Waals surface area contributed by atoms with E-state index in [1.807, 2.05) is 0 Å². The van der Waals surface area contributed by atoms with Crippen molar-refractivity contribution >= 4 is 5.91 Å². The summed E-state index contributed by atoms with van der Waals surface area (Å²) in [4.78, 5) is 13.2. The molecule has 414 valence electrons. The monoisotopic (exact) mass is 996 g/mol. The van der Waals surface area contributed by atoms with Gasteiger partial charge in [0, 0.05) is 0 Å². The maximum atomic E-state index is 13.2. The SMILES string of the molecule is CCCCCCCCCCCCCC/C=C\CCCCCCCCCCC(O)C(=O)NC(COC1OC(CO)C(O)C(O)C1O)C(O)C(O)CCC/C=C/CCCCCCCCCCCCCCCC. The van der Waals surface area contributed by atoms with E-state index in [1.54, 1.807) is 0 Å². The van der Waals surface area contributed by atoms with Crippen LogP contribution in [-0.4, -0.2) is 110 Å². The van der Waals surface area contributed by atoms with Crippen LogP contribution < -0.4 is 5.32 Å². The molecule has 11 nitrogen and oxygen atoms in total. The molecule has 11 heteroatoms. The fourth-order valence-corrected chi connectivity index (χ4v) is 9.61. The lowest BCUT2D eigenvalue weighted by Gasteiger charge is -2.40. The van der Waals surface area contributed by atoms with Gasteiger partial charge in [-0.25, -0.2) is 0 Å². The van der Waals surface area contributed by atoms with Crippen LogP contribution in [0, 0.1) is 0 Å². The van der Waals surface area contributed by atoms with Crippen LogP contribution in [0.25, 0.3) is 0 Å². The Hall–Kier alpha value is -1.41. The molecule has 1 heterocycles. The van der Waals surface area contributed by atoms with Gasteiger partial charge in [-0.3, -0.25) is 4.79 Å². The summed E-state index contributed by atoms with van der Waals surface area (Å²) in [6, 6.07) is -1.19. The number of carbonyl (C=O) groups excluding carboxylic acids is 1. The number of hydrogen-bond donors (Lipinski definition) is 8. The van der Waals surface area contributed by atoms with Crippen molar-refractivity contribution in [3.05, 3.63) is 24.3 Å². The Morgan fingerprint density at radius 2 is 0.843 bits per heavy atom. The molecule has 1 saturated heterocycles. The number of hydrogen-bond acceptors (Lipinski definition) is 10. The first kappa shape index (κ1) is 66.6. The minimum atomic E-state index is -1.67. The standard InChI is InChI=1S/C59H113NO10/c1-3-5-7-9-11-13-15-17-19-21-23-24-25-26-27-29-31-33-35-37-39-41-43-45-47-52(63)58(68)60-50(49-69-59-57(67)56(66)55(65)53(48-61)70-59)54(64)51(62)46-44-42-40-38-36-34-32-30-28-22-20-18-16-14-12-10-8-6-4-2/h26-27,38,40,50-57,59,61-67H,3-25,28-37,39,41-49H2,1-2H3,(H,60,68)/b27-26-,40-38+.